The van der Waals surface area contributed by atoms with E-state index in [1.165, 1.54) is 12.1 Å². The number of carbonyl (C=O) groups is 2. The van der Waals surface area contributed by atoms with Crippen LogP contribution >= 0.6 is 11.8 Å². The van der Waals surface area contributed by atoms with Crippen LogP contribution in [0.1, 0.15) is 0 Å². The van der Waals surface area contributed by atoms with Gasteiger partial charge in [-0.1, -0.05) is 11.8 Å². The Hall–Kier alpha value is -2.65. The summed E-state index contributed by atoms with van der Waals surface area (Å²) in [5.74, 6) is -2.28. The van der Waals surface area contributed by atoms with E-state index in [2.05, 4.69) is 10.6 Å². The van der Waals surface area contributed by atoms with Crippen LogP contribution in [0.15, 0.2) is 53.4 Å². The molecule has 6 nitrogen and oxygen atoms in total. The smallest absolute Gasteiger partial charge is 0.288 e. The van der Waals surface area contributed by atoms with Gasteiger partial charge in [0.25, 0.3) is 17.6 Å². The van der Waals surface area contributed by atoms with Crippen molar-refractivity contribution >= 4 is 35.0 Å². The monoisotopic (exact) mass is 410 g/mol. The van der Waals surface area contributed by atoms with Crippen molar-refractivity contribution in [2.75, 3.05) is 37.9 Å². The van der Waals surface area contributed by atoms with Crippen LogP contribution in [0, 0.1) is 0 Å². The molecule has 0 spiro atoms. The van der Waals surface area contributed by atoms with Gasteiger partial charge in [-0.05, 0) is 48.5 Å². The fraction of sp³-hybridized carbons (Fsp3) is 0.263. The molecule has 1 atom stereocenters. The average molecular weight is 410 g/mol. The van der Waals surface area contributed by atoms with Gasteiger partial charge in [-0.3, -0.25) is 9.59 Å². The van der Waals surface area contributed by atoms with E-state index in [-0.39, 0.29) is 24.9 Å². The van der Waals surface area contributed by atoms with Crippen LogP contribution in [0.2, 0.25) is 0 Å². The van der Waals surface area contributed by atoms with E-state index in [1.807, 2.05) is 0 Å². The molecule has 0 heterocycles. The van der Waals surface area contributed by atoms with Crippen LogP contribution in [-0.4, -0.2) is 44.8 Å². The standard InChI is InChI=1S/C19H21F2N3O3S/c1-24(11-17(25)22-13-3-7-15(27-2)8-4-13)12-18(26)23-14-5-9-16(10-6-14)28-19(20)21/h3-10,19H,11-12H2,1-2H3,(H,22,25)(H,23,26)/p+1. The van der Waals surface area contributed by atoms with Gasteiger partial charge in [0.1, 0.15) is 5.75 Å². The summed E-state index contributed by atoms with van der Waals surface area (Å²) in [6, 6.07) is 13.1. The SMILES string of the molecule is COc1ccc(NC(=O)C[NH+](C)CC(=O)Nc2ccc(SC(F)F)cc2)cc1. The van der Waals surface area contributed by atoms with Crippen molar-refractivity contribution < 1.29 is 28.0 Å². The first kappa shape index (κ1) is 21.6. The van der Waals surface area contributed by atoms with Crippen molar-refractivity contribution in [3.63, 3.8) is 0 Å². The van der Waals surface area contributed by atoms with Crippen LogP contribution in [0.4, 0.5) is 20.2 Å². The van der Waals surface area contributed by atoms with Crippen LogP contribution in [0.3, 0.4) is 0 Å². The van der Waals surface area contributed by atoms with E-state index >= 15 is 0 Å². The number of likely N-dealkylation sites (N-methyl/N-ethyl adjacent to an activating group) is 1. The number of rotatable bonds is 9. The number of nitrogens with one attached hydrogen (secondary N) is 3. The van der Waals surface area contributed by atoms with Gasteiger partial charge < -0.3 is 20.3 Å². The Morgan fingerprint density at radius 3 is 1.86 bits per heavy atom. The minimum absolute atomic E-state index is 0.0869. The van der Waals surface area contributed by atoms with Gasteiger partial charge in [0.2, 0.25) is 0 Å². The molecule has 2 aromatic rings. The molecule has 2 amide bonds. The number of amides is 2. The third kappa shape index (κ3) is 7.53. The van der Waals surface area contributed by atoms with Gasteiger partial charge in [0, 0.05) is 16.3 Å². The predicted molar refractivity (Wildman–Crippen MR) is 105 cm³/mol. The number of anilines is 2. The first-order chi connectivity index (χ1) is 13.4. The van der Waals surface area contributed by atoms with Crippen molar-refractivity contribution in [1.29, 1.82) is 0 Å². The summed E-state index contributed by atoms with van der Waals surface area (Å²) in [6.45, 7) is 0.201. The summed E-state index contributed by atoms with van der Waals surface area (Å²) in [6.07, 6.45) is 0. The molecule has 0 saturated carbocycles. The van der Waals surface area contributed by atoms with Crippen LogP contribution in [0.5, 0.6) is 5.75 Å². The highest BCUT2D eigenvalue weighted by atomic mass is 32.2. The van der Waals surface area contributed by atoms with E-state index in [9.17, 15) is 18.4 Å². The van der Waals surface area contributed by atoms with Gasteiger partial charge in [-0.25, -0.2) is 0 Å². The first-order valence-electron chi connectivity index (χ1n) is 8.45. The van der Waals surface area contributed by atoms with Gasteiger partial charge in [-0.2, -0.15) is 8.78 Å². The van der Waals surface area contributed by atoms with Gasteiger partial charge >= 0.3 is 0 Å². The summed E-state index contributed by atoms with van der Waals surface area (Å²) < 4.78 is 29.7. The molecule has 0 aromatic heterocycles. The Labute approximate surface area is 166 Å². The maximum Gasteiger partial charge on any atom is 0.288 e. The lowest BCUT2D eigenvalue weighted by Gasteiger charge is -2.14. The Morgan fingerprint density at radius 1 is 0.964 bits per heavy atom. The maximum atomic E-state index is 12.3. The Bertz CT molecular complexity index is 786. The molecule has 0 radical (unpaired) electrons. The Kier molecular flexibility index (Phi) is 8.21. The lowest BCUT2D eigenvalue weighted by Crippen LogP contribution is -3.11. The molecular weight excluding hydrogens is 388 g/mol. The highest BCUT2D eigenvalue weighted by molar-refractivity contribution is 7.99. The second-order valence-corrected chi connectivity index (χ2v) is 7.10. The minimum Gasteiger partial charge on any atom is -0.497 e. The zero-order valence-electron chi connectivity index (χ0n) is 15.5. The fourth-order valence-electron chi connectivity index (χ4n) is 2.42. The molecule has 2 rings (SSSR count). The number of methoxy groups -OCH3 is 1. The first-order valence-corrected chi connectivity index (χ1v) is 9.33. The molecule has 0 bridgehead atoms. The van der Waals surface area contributed by atoms with Crippen LogP contribution in [0.25, 0.3) is 0 Å². The summed E-state index contributed by atoms with van der Waals surface area (Å²) >= 11 is 0.445. The topological polar surface area (TPSA) is 71.9 Å². The van der Waals surface area contributed by atoms with Crippen LogP contribution in [-0.2, 0) is 9.59 Å². The summed E-state index contributed by atoms with van der Waals surface area (Å²) in [4.78, 5) is 25.3. The number of carbonyl (C=O) groups excluding carboxylic acids is 2. The van der Waals surface area contributed by atoms with E-state index < -0.39 is 5.76 Å². The average Bonchev–Trinajstić information content (AvgIpc) is 2.63. The van der Waals surface area contributed by atoms with Crippen molar-refractivity contribution in [2.45, 2.75) is 10.7 Å². The molecule has 9 heteroatoms. The molecule has 28 heavy (non-hydrogen) atoms. The van der Waals surface area contributed by atoms with E-state index in [0.29, 0.717) is 38.7 Å². The van der Waals surface area contributed by atoms with Crippen molar-refractivity contribution in [3.8, 4) is 5.75 Å². The van der Waals surface area contributed by atoms with Crippen molar-refractivity contribution in [2.24, 2.45) is 0 Å². The normalized spacial score (nSPS) is 11.8. The van der Waals surface area contributed by atoms with E-state index in [1.54, 1.807) is 50.6 Å². The highest BCUT2D eigenvalue weighted by Gasteiger charge is 2.15. The number of ether oxygens (including phenoxy) is 1. The molecule has 0 saturated heterocycles. The number of hydrogen-bond donors (Lipinski definition) is 3. The van der Waals surface area contributed by atoms with Crippen molar-refractivity contribution in [3.05, 3.63) is 48.5 Å². The fourth-order valence-corrected chi connectivity index (χ4v) is 2.91. The third-order valence-electron chi connectivity index (χ3n) is 3.66. The largest absolute Gasteiger partial charge is 0.497 e. The maximum absolute atomic E-state index is 12.3. The van der Waals surface area contributed by atoms with E-state index in [4.69, 9.17) is 4.74 Å². The zero-order chi connectivity index (χ0) is 20.5. The number of thioether (sulfide) groups is 1. The number of benzene rings is 2. The molecule has 0 aliphatic heterocycles. The molecule has 1 unspecified atom stereocenters. The highest BCUT2D eigenvalue weighted by Crippen LogP contribution is 2.26. The van der Waals surface area contributed by atoms with Gasteiger partial charge in [0.05, 0.1) is 14.2 Å². The number of hydrogen-bond acceptors (Lipinski definition) is 4. The van der Waals surface area contributed by atoms with Crippen LogP contribution < -0.4 is 20.3 Å². The molecule has 3 N–H and O–H groups in total. The Morgan fingerprint density at radius 2 is 1.43 bits per heavy atom. The molecule has 0 aliphatic rings. The second kappa shape index (κ2) is 10.6. The molecule has 2 aromatic carbocycles. The number of alkyl halides is 2. The molecular formula is C19H22F2N3O3S+. The lowest BCUT2D eigenvalue weighted by molar-refractivity contribution is -0.862. The summed E-state index contributed by atoms with van der Waals surface area (Å²) in [5.41, 5.74) is 1.16. The summed E-state index contributed by atoms with van der Waals surface area (Å²) in [5, 5.41) is 5.45. The van der Waals surface area contributed by atoms with Crippen molar-refractivity contribution in [1.82, 2.24) is 0 Å². The quantitative estimate of drug-likeness (QED) is 0.554. The number of quaternary nitrogens is 1. The molecule has 0 fully saturated rings. The minimum atomic E-state index is -2.48. The molecule has 0 aliphatic carbocycles. The van der Waals surface area contributed by atoms with E-state index in [0.717, 1.165) is 0 Å². The second-order valence-electron chi connectivity index (χ2n) is 6.04. The number of halogens is 2. The predicted octanol–water partition coefficient (Wildman–Crippen LogP) is 2.10. The van der Waals surface area contributed by atoms with Gasteiger partial charge in [0.15, 0.2) is 13.1 Å². The zero-order valence-corrected chi connectivity index (χ0v) is 16.3. The lowest BCUT2D eigenvalue weighted by atomic mass is 10.3. The Balaban J connectivity index is 1.77. The van der Waals surface area contributed by atoms with Gasteiger partial charge in [-0.15, -0.1) is 0 Å². The third-order valence-corrected chi connectivity index (χ3v) is 4.38. The summed E-state index contributed by atoms with van der Waals surface area (Å²) in [7, 11) is 3.29. The molecule has 150 valence electrons.